The van der Waals surface area contributed by atoms with E-state index in [1.807, 2.05) is 6.92 Å². The Labute approximate surface area is 198 Å². The average molecular weight is 493 g/mol. The molecule has 0 amide bonds. The molecule has 0 N–H and O–H groups in total. The molecule has 0 aliphatic heterocycles. The van der Waals surface area contributed by atoms with Crippen LogP contribution in [-0.4, -0.2) is 47.6 Å². The van der Waals surface area contributed by atoms with Gasteiger partial charge in [0.05, 0.1) is 32.8 Å². The zero-order valence-corrected chi connectivity index (χ0v) is 20.2. The van der Waals surface area contributed by atoms with Crippen molar-refractivity contribution >= 4 is 31.9 Å². The summed E-state index contributed by atoms with van der Waals surface area (Å²) < 4.78 is 41.7. The van der Waals surface area contributed by atoms with Gasteiger partial charge in [0.15, 0.2) is 5.65 Å². The largest absolute Gasteiger partial charge is 0.269 e. The summed E-state index contributed by atoms with van der Waals surface area (Å²) in [5, 5.41) is 4.95. The van der Waals surface area contributed by atoms with Gasteiger partial charge in [-0.15, -0.1) is 0 Å². The van der Waals surface area contributed by atoms with E-state index in [1.165, 1.54) is 22.6 Å². The second-order valence-corrected chi connectivity index (χ2v) is 10.8. The predicted molar refractivity (Wildman–Crippen MR) is 129 cm³/mol. The van der Waals surface area contributed by atoms with Crippen LogP contribution in [0.2, 0.25) is 0 Å². The summed E-state index contributed by atoms with van der Waals surface area (Å²) in [5.74, 6) is 0. The highest BCUT2D eigenvalue weighted by molar-refractivity contribution is 7.90. The van der Waals surface area contributed by atoms with E-state index >= 15 is 0 Å². The van der Waals surface area contributed by atoms with Crippen LogP contribution in [0.25, 0.3) is 33.7 Å². The third-order valence-corrected chi connectivity index (χ3v) is 7.83. The zero-order valence-electron chi connectivity index (χ0n) is 18.6. The number of pyridine rings is 1. The summed E-state index contributed by atoms with van der Waals surface area (Å²) in [6, 6.07) is 13.7. The van der Waals surface area contributed by atoms with E-state index in [2.05, 4.69) is 20.1 Å². The molecular formula is C23H20N6O3S2. The van der Waals surface area contributed by atoms with Crippen molar-refractivity contribution < 1.29 is 12.6 Å². The fraction of sp³-hybridized carbons (Fsp3) is 0.130. The Bertz CT molecular complexity index is 1670. The van der Waals surface area contributed by atoms with E-state index in [0.717, 1.165) is 11.3 Å². The number of aryl methyl sites for hydroxylation is 2. The first-order valence-corrected chi connectivity index (χ1v) is 13.2. The van der Waals surface area contributed by atoms with Crippen molar-refractivity contribution in [2.75, 3.05) is 6.26 Å². The first-order valence-electron chi connectivity index (χ1n) is 10.3. The molecule has 4 aromatic heterocycles. The van der Waals surface area contributed by atoms with E-state index in [4.69, 9.17) is 0 Å². The lowest BCUT2D eigenvalue weighted by Crippen LogP contribution is -2.12. The predicted octanol–water partition coefficient (Wildman–Crippen LogP) is 3.18. The van der Waals surface area contributed by atoms with Crippen molar-refractivity contribution in [3.8, 4) is 22.6 Å². The van der Waals surface area contributed by atoms with Crippen molar-refractivity contribution in [2.24, 2.45) is 7.05 Å². The van der Waals surface area contributed by atoms with Crippen molar-refractivity contribution in [1.29, 1.82) is 0 Å². The van der Waals surface area contributed by atoms with E-state index in [-0.39, 0.29) is 15.7 Å². The van der Waals surface area contributed by atoms with Gasteiger partial charge in [0.1, 0.15) is 0 Å². The molecular weight excluding hydrogens is 472 g/mol. The highest BCUT2D eigenvalue weighted by atomic mass is 32.2. The first kappa shape index (κ1) is 22.1. The second-order valence-electron chi connectivity index (χ2n) is 7.74. The maximum Gasteiger partial charge on any atom is 0.269 e. The van der Waals surface area contributed by atoms with Crippen LogP contribution in [0.1, 0.15) is 5.56 Å². The highest BCUT2D eigenvalue weighted by Crippen LogP contribution is 2.31. The third-order valence-electron chi connectivity index (χ3n) is 5.45. The molecule has 0 aliphatic carbocycles. The fourth-order valence-electron chi connectivity index (χ4n) is 3.70. The highest BCUT2D eigenvalue weighted by Gasteiger charge is 2.22. The second kappa shape index (κ2) is 8.26. The van der Waals surface area contributed by atoms with Crippen molar-refractivity contribution in [1.82, 2.24) is 28.7 Å². The van der Waals surface area contributed by atoms with E-state index in [9.17, 15) is 12.6 Å². The van der Waals surface area contributed by atoms with Crippen molar-refractivity contribution in [2.45, 2.75) is 17.0 Å². The molecule has 0 aliphatic rings. The molecule has 0 saturated carbocycles. The Balaban J connectivity index is 1.70. The van der Waals surface area contributed by atoms with Gasteiger partial charge in [-0.3, -0.25) is 8.89 Å². The van der Waals surface area contributed by atoms with E-state index < -0.39 is 20.8 Å². The molecule has 0 saturated heterocycles. The van der Waals surface area contributed by atoms with Crippen LogP contribution in [0, 0.1) is 6.92 Å². The van der Waals surface area contributed by atoms with Gasteiger partial charge in [0.25, 0.3) is 10.0 Å². The van der Waals surface area contributed by atoms with Crippen LogP contribution in [0.3, 0.4) is 0 Å². The summed E-state index contributed by atoms with van der Waals surface area (Å²) in [5.41, 5.74) is 3.70. The minimum Gasteiger partial charge on any atom is -0.266 e. The Morgan fingerprint density at radius 3 is 2.35 bits per heavy atom. The number of hydrogen-bond donors (Lipinski definition) is 0. The number of fused-ring (bicyclic) bond motifs is 1. The van der Waals surface area contributed by atoms with Gasteiger partial charge >= 0.3 is 0 Å². The zero-order chi connectivity index (χ0) is 24.0. The van der Waals surface area contributed by atoms with Crippen LogP contribution >= 0.6 is 0 Å². The van der Waals surface area contributed by atoms with Gasteiger partial charge in [-0.05, 0) is 43.3 Å². The molecule has 1 unspecified atom stereocenters. The lowest BCUT2D eigenvalue weighted by molar-refractivity contribution is 0.588. The molecule has 5 aromatic rings. The molecule has 0 radical (unpaired) electrons. The normalized spacial score (nSPS) is 12.8. The lowest BCUT2D eigenvalue weighted by atomic mass is 10.1. The summed E-state index contributed by atoms with van der Waals surface area (Å²) >= 11 is 0. The van der Waals surface area contributed by atoms with E-state index in [0.29, 0.717) is 22.3 Å². The Morgan fingerprint density at radius 1 is 0.941 bits per heavy atom. The molecule has 11 heteroatoms. The first-order chi connectivity index (χ1) is 16.3. The summed E-state index contributed by atoms with van der Waals surface area (Å²) in [6.45, 7) is 1.90. The number of nitrogens with zero attached hydrogens (tertiary/aromatic N) is 6. The lowest BCUT2D eigenvalue weighted by Gasteiger charge is -2.10. The van der Waals surface area contributed by atoms with Gasteiger partial charge in [-0.1, -0.05) is 17.7 Å². The Morgan fingerprint density at radius 2 is 1.68 bits per heavy atom. The Hall–Kier alpha value is -3.70. The topological polar surface area (TPSA) is 113 Å². The van der Waals surface area contributed by atoms with Crippen LogP contribution < -0.4 is 0 Å². The monoisotopic (exact) mass is 492 g/mol. The van der Waals surface area contributed by atoms with Gasteiger partial charge in [0, 0.05) is 42.8 Å². The number of benzene rings is 1. The minimum absolute atomic E-state index is 0.172. The molecule has 4 heterocycles. The van der Waals surface area contributed by atoms with Gasteiger partial charge in [-0.2, -0.15) is 5.10 Å². The van der Waals surface area contributed by atoms with Crippen LogP contribution in [0.4, 0.5) is 0 Å². The number of rotatable bonds is 5. The molecule has 1 aromatic carbocycles. The Kier molecular flexibility index (Phi) is 5.37. The molecule has 172 valence electrons. The van der Waals surface area contributed by atoms with Crippen LogP contribution in [0.15, 0.2) is 77.2 Å². The third kappa shape index (κ3) is 3.72. The fourth-order valence-corrected chi connectivity index (χ4v) is 5.46. The van der Waals surface area contributed by atoms with Crippen LogP contribution in [0.5, 0.6) is 0 Å². The average Bonchev–Trinajstić information content (AvgIpc) is 3.45. The maximum absolute atomic E-state index is 13.3. The van der Waals surface area contributed by atoms with Gasteiger partial charge < -0.3 is 0 Å². The molecule has 1 atom stereocenters. The summed E-state index contributed by atoms with van der Waals surface area (Å²) in [7, 11) is -3.49. The van der Waals surface area contributed by atoms with Crippen LogP contribution in [-0.2, 0) is 27.9 Å². The molecule has 5 rings (SSSR count). The molecule has 34 heavy (non-hydrogen) atoms. The molecule has 0 fully saturated rings. The quantitative estimate of drug-likeness (QED) is 0.346. The number of aromatic nitrogens is 6. The molecule has 0 spiro atoms. The summed E-state index contributed by atoms with van der Waals surface area (Å²) in [6.07, 6.45) is 6.19. The van der Waals surface area contributed by atoms with Gasteiger partial charge in [-0.25, -0.2) is 27.3 Å². The summed E-state index contributed by atoms with van der Waals surface area (Å²) in [4.78, 5) is 13.5. The minimum atomic E-state index is -3.85. The van der Waals surface area contributed by atoms with Gasteiger partial charge in [0.2, 0.25) is 5.16 Å². The SMILES string of the molecule is Cc1ccc(S(=O)(=O)n2ccc3c(-c4cc(-c5ccnn5C)nc(S(C)=O)n4)ccnc32)cc1. The van der Waals surface area contributed by atoms with Crippen molar-refractivity contribution in [3.05, 3.63) is 72.7 Å². The van der Waals surface area contributed by atoms with Crippen molar-refractivity contribution in [3.63, 3.8) is 0 Å². The maximum atomic E-state index is 13.3. The van der Waals surface area contributed by atoms with E-state index in [1.54, 1.807) is 66.5 Å². The number of hydrogen-bond acceptors (Lipinski definition) is 7. The standard InChI is InChI=1S/C23H20N6O3S2/c1-15-4-6-16(7-5-15)34(31,32)29-13-10-18-17(8-11-24-22(18)29)19-14-20(21-9-12-25-28(21)2)27-23(26-19)33(3)30/h4-14H,1-3H3. The smallest absolute Gasteiger partial charge is 0.266 e. The molecule has 9 nitrogen and oxygen atoms in total. The molecule has 0 bridgehead atoms.